The van der Waals surface area contributed by atoms with Crippen LogP contribution in [0.4, 0.5) is 11.4 Å². The van der Waals surface area contributed by atoms with E-state index in [0.29, 0.717) is 18.8 Å². The molecule has 0 saturated carbocycles. The highest BCUT2D eigenvalue weighted by molar-refractivity contribution is 6.03. The Morgan fingerprint density at radius 2 is 1.77 bits per heavy atom. The first-order valence-corrected chi connectivity index (χ1v) is 8.79. The second kappa shape index (κ2) is 7.56. The molecule has 0 atom stereocenters. The number of anilines is 2. The molecule has 0 aliphatic carbocycles. The lowest BCUT2D eigenvalue weighted by atomic mass is 10.1. The van der Waals surface area contributed by atoms with Crippen molar-refractivity contribution in [3.05, 3.63) is 53.3 Å². The van der Waals surface area contributed by atoms with Crippen LogP contribution >= 0.6 is 0 Å². The molecule has 2 amide bonds. The first kappa shape index (κ1) is 17.9. The lowest BCUT2D eigenvalue weighted by molar-refractivity contribution is -0.129. The Hall–Kier alpha value is -2.89. The van der Waals surface area contributed by atoms with Crippen LogP contribution in [0.3, 0.4) is 0 Å². The van der Waals surface area contributed by atoms with Crippen LogP contribution < -0.4 is 10.2 Å². The maximum atomic E-state index is 12.6. The topological polar surface area (TPSA) is 65.5 Å². The zero-order valence-corrected chi connectivity index (χ0v) is 15.5. The third kappa shape index (κ3) is 4.02. The molecule has 1 fully saturated rings. The Balaban J connectivity index is 1.72. The maximum absolute atomic E-state index is 12.6. The molecule has 3 rings (SSSR count). The van der Waals surface area contributed by atoms with Crippen LogP contribution in [-0.2, 0) is 4.79 Å². The van der Waals surface area contributed by atoms with Gasteiger partial charge in [-0.25, -0.2) is 0 Å². The molecule has 6 nitrogen and oxygen atoms in total. The zero-order valence-electron chi connectivity index (χ0n) is 15.5. The molecule has 0 bridgehead atoms. The molecule has 6 heteroatoms. The molecular weight excluding hydrogens is 328 g/mol. The number of nitrogens with zero attached hydrogens (tertiary/aromatic N) is 3. The van der Waals surface area contributed by atoms with Gasteiger partial charge in [-0.2, -0.15) is 0 Å². The second-order valence-electron chi connectivity index (χ2n) is 6.66. The molecule has 1 N–H and O–H groups in total. The SMILES string of the molecule is CC(=O)N1CCN(c2ccnc(C(=O)Nc3cc(C)ccc3C)c2)CC1. The van der Waals surface area contributed by atoms with E-state index in [1.54, 1.807) is 13.1 Å². The number of carbonyl (C=O) groups is 2. The van der Waals surface area contributed by atoms with E-state index < -0.39 is 0 Å². The number of pyridine rings is 1. The second-order valence-corrected chi connectivity index (χ2v) is 6.66. The fourth-order valence-corrected chi connectivity index (χ4v) is 3.08. The number of piperazine rings is 1. The average Bonchev–Trinajstić information content (AvgIpc) is 2.65. The van der Waals surface area contributed by atoms with Gasteiger partial charge in [-0.05, 0) is 43.2 Å². The van der Waals surface area contributed by atoms with Gasteiger partial charge in [0.2, 0.25) is 5.91 Å². The smallest absolute Gasteiger partial charge is 0.274 e. The van der Waals surface area contributed by atoms with Gasteiger partial charge in [-0.3, -0.25) is 14.6 Å². The van der Waals surface area contributed by atoms with Gasteiger partial charge in [0.1, 0.15) is 5.69 Å². The van der Waals surface area contributed by atoms with E-state index in [9.17, 15) is 9.59 Å². The van der Waals surface area contributed by atoms with Crippen molar-refractivity contribution in [2.24, 2.45) is 0 Å². The molecule has 0 unspecified atom stereocenters. The van der Waals surface area contributed by atoms with Crippen molar-refractivity contribution in [3.8, 4) is 0 Å². The van der Waals surface area contributed by atoms with Gasteiger partial charge in [-0.15, -0.1) is 0 Å². The molecule has 0 spiro atoms. The lowest BCUT2D eigenvalue weighted by Crippen LogP contribution is -2.48. The number of rotatable bonds is 3. The number of carbonyl (C=O) groups excluding carboxylic acids is 2. The van der Waals surface area contributed by atoms with Gasteiger partial charge in [0.15, 0.2) is 0 Å². The van der Waals surface area contributed by atoms with E-state index in [0.717, 1.165) is 35.6 Å². The van der Waals surface area contributed by atoms with Crippen molar-refractivity contribution >= 4 is 23.2 Å². The van der Waals surface area contributed by atoms with Crippen LogP contribution in [-0.4, -0.2) is 47.9 Å². The number of nitrogens with one attached hydrogen (secondary N) is 1. The minimum Gasteiger partial charge on any atom is -0.368 e. The monoisotopic (exact) mass is 352 g/mol. The number of hydrogen-bond donors (Lipinski definition) is 1. The summed E-state index contributed by atoms with van der Waals surface area (Å²) in [6.07, 6.45) is 1.66. The zero-order chi connectivity index (χ0) is 18.7. The summed E-state index contributed by atoms with van der Waals surface area (Å²) in [4.78, 5) is 32.3. The van der Waals surface area contributed by atoms with Crippen LogP contribution in [0, 0.1) is 13.8 Å². The molecule has 2 heterocycles. The van der Waals surface area contributed by atoms with Crippen molar-refractivity contribution in [1.29, 1.82) is 0 Å². The summed E-state index contributed by atoms with van der Waals surface area (Å²) in [5.41, 5.74) is 4.25. The predicted molar refractivity (Wildman–Crippen MR) is 103 cm³/mol. The van der Waals surface area contributed by atoms with E-state index in [4.69, 9.17) is 0 Å². The third-order valence-corrected chi connectivity index (χ3v) is 4.71. The van der Waals surface area contributed by atoms with Crippen LogP contribution in [0.15, 0.2) is 36.5 Å². The summed E-state index contributed by atoms with van der Waals surface area (Å²) < 4.78 is 0. The van der Waals surface area contributed by atoms with Gasteiger partial charge in [-0.1, -0.05) is 12.1 Å². The number of hydrogen-bond acceptors (Lipinski definition) is 4. The van der Waals surface area contributed by atoms with Crippen LogP contribution in [0.2, 0.25) is 0 Å². The first-order valence-electron chi connectivity index (χ1n) is 8.79. The van der Waals surface area contributed by atoms with Gasteiger partial charge < -0.3 is 15.1 Å². The predicted octanol–water partition coefficient (Wildman–Crippen LogP) is 2.62. The standard InChI is InChI=1S/C20H24N4O2/c1-14-4-5-15(2)18(12-14)22-20(26)19-13-17(6-7-21-19)24-10-8-23(9-11-24)16(3)25/h4-7,12-13H,8-11H2,1-3H3,(H,22,26). The molecule has 2 aromatic rings. The van der Waals surface area contributed by atoms with Crippen molar-refractivity contribution in [3.63, 3.8) is 0 Å². The Bertz CT molecular complexity index is 826. The van der Waals surface area contributed by atoms with Gasteiger partial charge in [0.05, 0.1) is 0 Å². The fourth-order valence-electron chi connectivity index (χ4n) is 3.08. The number of amides is 2. The van der Waals surface area contributed by atoms with Crippen LogP contribution in [0.25, 0.3) is 0 Å². The molecule has 1 aliphatic heterocycles. The molecule has 1 saturated heterocycles. The first-order chi connectivity index (χ1) is 12.4. The van der Waals surface area contributed by atoms with Crippen molar-refractivity contribution in [1.82, 2.24) is 9.88 Å². The lowest BCUT2D eigenvalue weighted by Gasteiger charge is -2.35. The quantitative estimate of drug-likeness (QED) is 0.922. The van der Waals surface area contributed by atoms with Crippen LogP contribution in [0.5, 0.6) is 0 Å². The molecule has 136 valence electrons. The summed E-state index contributed by atoms with van der Waals surface area (Å²) in [7, 11) is 0. The summed E-state index contributed by atoms with van der Waals surface area (Å²) >= 11 is 0. The van der Waals surface area contributed by atoms with Gasteiger partial charge in [0, 0.05) is 50.7 Å². The summed E-state index contributed by atoms with van der Waals surface area (Å²) in [5.74, 6) is -0.115. The van der Waals surface area contributed by atoms with E-state index >= 15 is 0 Å². The van der Waals surface area contributed by atoms with Crippen molar-refractivity contribution in [2.75, 3.05) is 36.4 Å². The maximum Gasteiger partial charge on any atom is 0.274 e. The molecule has 0 radical (unpaired) electrons. The summed E-state index contributed by atoms with van der Waals surface area (Å²) in [6, 6.07) is 9.67. The minimum atomic E-state index is -0.220. The van der Waals surface area contributed by atoms with Crippen molar-refractivity contribution in [2.45, 2.75) is 20.8 Å². The molecule has 1 aromatic carbocycles. The number of benzene rings is 1. The highest BCUT2D eigenvalue weighted by Gasteiger charge is 2.20. The fraction of sp³-hybridized carbons (Fsp3) is 0.350. The molecule has 26 heavy (non-hydrogen) atoms. The van der Waals surface area contributed by atoms with Gasteiger partial charge >= 0.3 is 0 Å². The molecule has 1 aromatic heterocycles. The minimum absolute atomic E-state index is 0.105. The Morgan fingerprint density at radius 3 is 2.46 bits per heavy atom. The van der Waals surface area contributed by atoms with Crippen molar-refractivity contribution < 1.29 is 9.59 Å². The van der Waals surface area contributed by atoms with E-state index in [-0.39, 0.29) is 11.8 Å². The molecular formula is C20H24N4O2. The largest absolute Gasteiger partial charge is 0.368 e. The Morgan fingerprint density at radius 1 is 1.04 bits per heavy atom. The van der Waals surface area contributed by atoms with E-state index in [1.807, 2.05) is 49.1 Å². The number of aryl methyl sites for hydroxylation is 2. The van der Waals surface area contributed by atoms with E-state index in [2.05, 4.69) is 15.2 Å². The van der Waals surface area contributed by atoms with Crippen LogP contribution in [0.1, 0.15) is 28.5 Å². The van der Waals surface area contributed by atoms with Gasteiger partial charge in [0.25, 0.3) is 5.91 Å². The summed E-state index contributed by atoms with van der Waals surface area (Å²) in [6.45, 7) is 8.45. The third-order valence-electron chi connectivity index (χ3n) is 4.71. The highest BCUT2D eigenvalue weighted by atomic mass is 16.2. The van der Waals surface area contributed by atoms with E-state index in [1.165, 1.54) is 0 Å². The normalized spacial score (nSPS) is 14.3. The Kier molecular flexibility index (Phi) is 5.21. The summed E-state index contributed by atoms with van der Waals surface area (Å²) in [5, 5.41) is 2.95. The number of aromatic nitrogens is 1. The Labute approximate surface area is 153 Å². The average molecular weight is 352 g/mol. The molecule has 1 aliphatic rings. The highest BCUT2D eigenvalue weighted by Crippen LogP contribution is 2.20.